The van der Waals surface area contributed by atoms with Gasteiger partial charge < -0.3 is 13.9 Å². The number of rotatable bonds is 7. The average molecular weight is 458 g/mol. The molecule has 0 fully saturated rings. The van der Waals surface area contributed by atoms with E-state index in [0.29, 0.717) is 26.2 Å². The molecule has 1 N–H and O–H groups in total. The van der Waals surface area contributed by atoms with Gasteiger partial charge in [-0.25, -0.2) is 5.43 Å². The number of hydrogen-bond donors (Lipinski definition) is 1. The highest BCUT2D eigenvalue weighted by Gasteiger charge is 2.11. The van der Waals surface area contributed by atoms with Crippen molar-refractivity contribution in [1.29, 1.82) is 0 Å². The molecule has 1 amide bonds. The second kappa shape index (κ2) is 9.29. The molecule has 2 aromatic rings. The number of furan rings is 1. The molecule has 126 valence electrons. The third kappa shape index (κ3) is 5.54. The first-order valence-corrected chi connectivity index (χ1v) is 8.36. The summed E-state index contributed by atoms with van der Waals surface area (Å²) in [4.78, 5) is 11.7. The van der Waals surface area contributed by atoms with Crippen LogP contribution in [0.5, 0.6) is 11.5 Å². The largest absolute Gasteiger partial charge is 0.497 e. The van der Waals surface area contributed by atoms with Gasteiger partial charge in [-0.15, -0.1) is 0 Å². The van der Waals surface area contributed by atoms with E-state index < -0.39 is 0 Å². The number of hydrogen-bond acceptors (Lipinski definition) is 5. The molecule has 1 heterocycles. The van der Waals surface area contributed by atoms with Gasteiger partial charge in [-0.05, 0) is 68.3 Å². The van der Waals surface area contributed by atoms with Gasteiger partial charge in [0.1, 0.15) is 17.3 Å². The molecule has 0 aliphatic rings. The van der Waals surface area contributed by atoms with E-state index in [0.717, 1.165) is 0 Å². The van der Waals surface area contributed by atoms with Gasteiger partial charge in [0.15, 0.2) is 6.61 Å². The summed E-state index contributed by atoms with van der Waals surface area (Å²) in [6.07, 6.45) is 6.39. The normalized spacial score (nSPS) is 11.1. The lowest BCUT2D eigenvalue weighted by molar-refractivity contribution is -0.123. The van der Waals surface area contributed by atoms with Crippen molar-refractivity contribution in [3.8, 4) is 11.5 Å². The third-order valence-corrected chi connectivity index (χ3v) is 3.89. The van der Waals surface area contributed by atoms with Crippen molar-refractivity contribution in [2.45, 2.75) is 0 Å². The second-order valence-electron chi connectivity index (χ2n) is 4.40. The molecule has 0 aliphatic heterocycles. The van der Waals surface area contributed by atoms with Crippen molar-refractivity contribution in [2.75, 3.05) is 13.7 Å². The van der Waals surface area contributed by atoms with Gasteiger partial charge >= 0.3 is 0 Å². The highest BCUT2D eigenvalue weighted by Crippen LogP contribution is 2.37. The lowest BCUT2D eigenvalue weighted by Gasteiger charge is -2.11. The molecule has 0 saturated heterocycles. The predicted octanol–water partition coefficient (Wildman–Crippen LogP) is 4.01. The van der Waals surface area contributed by atoms with Crippen LogP contribution in [0, 0.1) is 0 Å². The Morgan fingerprint density at radius 3 is 2.75 bits per heavy atom. The molecule has 0 bridgehead atoms. The first-order chi connectivity index (χ1) is 11.6. The fourth-order valence-corrected chi connectivity index (χ4v) is 3.01. The highest BCUT2D eigenvalue weighted by atomic mass is 79.9. The van der Waals surface area contributed by atoms with Crippen LogP contribution in [0.2, 0.25) is 0 Å². The van der Waals surface area contributed by atoms with Crippen molar-refractivity contribution >= 4 is 50.1 Å². The number of nitrogens with one attached hydrogen (secondary N) is 1. The van der Waals surface area contributed by atoms with Gasteiger partial charge in [0.2, 0.25) is 0 Å². The number of nitrogens with zero attached hydrogens (tertiary/aromatic N) is 1. The van der Waals surface area contributed by atoms with Crippen molar-refractivity contribution in [3.63, 3.8) is 0 Å². The molecule has 1 aromatic heterocycles. The number of amides is 1. The number of carbonyl (C=O) groups excluding carboxylic acids is 1. The summed E-state index contributed by atoms with van der Waals surface area (Å²) >= 11 is 6.73. The Hall–Kier alpha value is -2.06. The summed E-state index contributed by atoms with van der Waals surface area (Å²) in [6.45, 7) is -0.178. The van der Waals surface area contributed by atoms with Crippen molar-refractivity contribution in [2.24, 2.45) is 5.10 Å². The Labute approximate surface area is 155 Å². The van der Waals surface area contributed by atoms with Crippen LogP contribution in [0.1, 0.15) is 5.76 Å². The highest BCUT2D eigenvalue weighted by molar-refractivity contribution is 9.11. The van der Waals surface area contributed by atoms with Crippen molar-refractivity contribution in [3.05, 3.63) is 51.3 Å². The zero-order valence-electron chi connectivity index (χ0n) is 12.7. The SMILES string of the molecule is COc1cc(Br)c(OCC(=O)NN=CC=Cc2ccco2)c(Br)c1. The molecular formula is C16H14Br2N2O4. The Morgan fingerprint density at radius 2 is 2.12 bits per heavy atom. The minimum Gasteiger partial charge on any atom is -0.497 e. The lowest BCUT2D eigenvalue weighted by Crippen LogP contribution is -2.24. The Morgan fingerprint density at radius 1 is 1.38 bits per heavy atom. The number of halogens is 2. The van der Waals surface area contributed by atoms with E-state index >= 15 is 0 Å². The van der Waals surface area contributed by atoms with Crippen molar-refractivity contribution in [1.82, 2.24) is 5.43 Å². The van der Waals surface area contributed by atoms with Gasteiger partial charge in [0.05, 0.1) is 22.3 Å². The van der Waals surface area contributed by atoms with E-state index in [1.807, 2.05) is 0 Å². The number of allylic oxidation sites excluding steroid dienone is 1. The van der Waals surface area contributed by atoms with E-state index in [4.69, 9.17) is 13.9 Å². The Balaban J connectivity index is 1.81. The number of methoxy groups -OCH3 is 1. The van der Waals surface area contributed by atoms with Crippen LogP contribution in [0.3, 0.4) is 0 Å². The van der Waals surface area contributed by atoms with Gasteiger partial charge in [0.25, 0.3) is 5.91 Å². The van der Waals surface area contributed by atoms with Crippen LogP contribution >= 0.6 is 31.9 Å². The van der Waals surface area contributed by atoms with Crippen LogP contribution < -0.4 is 14.9 Å². The van der Waals surface area contributed by atoms with Gasteiger partial charge in [-0.3, -0.25) is 4.79 Å². The zero-order chi connectivity index (χ0) is 17.4. The Kier molecular flexibility index (Phi) is 7.07. The molecule has 1 aromatic carbocycles. The molecule has 0 aliphatic carbocycles. The maximum atomic E-state index is 11.7. The average Bonchev–Trinajstić information content (AvgIpc) is 3.06. The summed E-state index contributed by atoms with van der Waals surface area (Å²) in [6, 6.07) is 7.08. The molecule has 8 heteroatoms. The maximum absolute atomic E-state index is 11.7. The number of hydrazone groups is 1. The maximum Gasteiger partial charge on any atom is 0.277 e. The lowest BCUT2D eigenvalue weighted by atomic mass is 10.3. The smallest absolute Gasteiger partial charge is 0.277 e. The number of benzene rings is 1. The topological polar surface area (TPSA) is 73.1 Å². The van der Waals surface area contributed by atoms with E-state index in [1.165, 1.54) is 6.21 Å². The minimum absolute atomic E-state index is 0.178. The molecule has 24 heavy (non-hydrogen) atoms. The van der Waals surface area contributed by atoms with E-state index in [2.05, 4.69) is 42.4 Å². The van der Waals surface area contributed by atoms with E-state index in [9.17, 15) is 4.79 Å². The molecule has 6 nitrogen and oxygen atoms in total. The van der Waals surface area contributed by atoms with Crippen LogP contribution in [0.15, 0.2) is 55.1 Å². The first kappa shape index (κ1) is 18.3. The number of carbonyl (C=O) groups is 1. The standard InChI is InChI=1S/C16H14Br2N2O4/c1-22-12-8-13(17)16(14(18)9-12)24-10-15(21)20-19-6-2-4-11-5-3-7-23-11/h2-9H,10H2,1H3,(H,20,21). The van der Waals surface area contributed by atoms with Crippen LogP contribution in [0.25, 0.3) is 6.08 Å². The quantitative estimate of drug-likeness (QED) is 0.503. The molecule has 0 atom stereocenters. The molecule has 0 unspecified atom stereocenters. The summed E-state index contributed by atoms with van der Waals surface area (Å²) in [5, 5.41) is 3.78. The fraction of sp³-hybridized carbons (Fsp3) is 0.125. The summed E-state index contributed by atoms with van der Waals surface area (Å²) < 4.78 is 17.1. The fourth-order valence-electron chi connectivity index (χ4n) is 1.64. The van der Waals surface area contributed by atoms with Crippen LogP contribution in [0.4, 0.5) is 0 Å². The van der Waals surface area contributed by atoms with E-state index in [1.54, 1.807) is 49.8 Å². The molecular weight excluding hydrogens is 444 g/mol. The monoisotopic (exact) mass is 456 g/mol. The van der Waals surface area contributed by atoms with Gasteiger partial charge in [-0.2, -0.15) is 5.10 Å². The zero-order valence-corrected chi connectivity index (χ0v) is 15.8. The van der Waals surface area contributed by atoms with Crippen molar-refractivity contribution < 1.29 is 18.7 Å². The van der Waals surface area contributed by atoms with Crippen LogP contribution in [-0.2, 0) is 4.79 Å². The first-order valence-electron chi connectivity index (χ1n) is 6.78. The van der Waals surface area contributed by atoms with E-state index in [-0.39, 0.29) is 12.5 Å². The van der Waals surface area contributed by atoms with Gasteiger partial charge in [-0.1, -0.05) is 0 Å². The van der Waals surface area contributed by atoms with Gasteiger partial charge in [0, 0.05) is 6.21 Å². The molecule has 0 radical (unpaired) electrons. The predicted molar refractivity (Wildman–Crippen MR) is 98.3 cm³/mol. The Bertz CT molecular complexity index is 720. The molecule has 2 rings (SSSR count). The minimum atomic E-state index is -0.382. The molecule has 0 saturated carbocycles. The molecule has 0 spiro atoms. The third-order valence-electron chi connectivity index (χ3n) is 2.71. The summed E-state index contributed by atoms with van der Waals surface area (Å²) in [7, 11) is 1.57. The summed E-state index contributed by atoms with van der Waals surface area (Å²) in [5.41, 5.74) is 2.36. The van der Waals surface area contributed by atoms with Crippen LogP contribution in [-0.4, -0.2) is 25.8 Å². The number of ether oxygens (including phenoxy) is 2. The second-order valence-corrected chi connectivity index (χ2v) is 6.11. The summed E-state index contributed by atoms with van der Waals surface area (Å²) in [5.74, 6) is 1.49.